The number of nitrogens with one attached hydrogen (secondary N) is 2. The summed E-state index contributed by atoms with van der Waals surface area (Å²) in [5.74, 6) is 0.237. The first-order valence-corrected chi connectivity index (χ1v) is 7.58. The fourth-order valence-electron chi connectivity index (χ4n) is 2.21. The van der Waals surface area contributed by atoms with Crippen molar-refractivity contribution in [1.29, 1.82) is 0 Å². The lowest BCUT2D eigenvalue weighted by molar-refractivity contribution is 0.628. The normalized spacial score (nSPS) is 11.0. The van der Waals surface area contributed by atoms with Crippen molar-refractivity contribution in [1.82, 2.24) is 14.8 Å². The van der Waals surface area contributed by atoms with Gasteiger partial charge in [0.2, 0.25) is 0 Å². The summed E-state index contributed by atoms with van der Waals surface area (Å²) in [5.41, 5.74) is 1.57. The van der Waals surface area contributed by atoms with Crippen LogP contribution in [0.4, 0.5) is 10.1 Å². The molecule has 24 heavy (non-hydrogen) atoms. The third-order valence-electron chi connectivity index (χ3n) is 3.42. The maximum Gasteiger partial charge on any atom is 0.343 e. The molecule has 3 aromatic rings. The van der Waals surface area contributed by atoms with E-state index in [4.69, 9.17) is 0 Å². The molecule has 122 valence electrons. The zero-order valence-corrected chi connectivity index (χ0v) is 12.9. The highest BCUT2D eigenvalue weighted by Crippen LogP contribution is 2.08. The number of hydrogen-bond acceptors (Lipinski definition) is 3. The summed E-state index contributed by atoms with van der Waals surface area (Å²) >= 11 is 0. The van der Waals surface area contributed by atoms with Crippen molar-refractivity contribution in [2.75, 3.05) is 5.32 Å². The molecule has 0 spiro atoms. The monoisotopic (exact) mass is 324 g/mol. The minimum absolute atomic E-state index is 0.261. The third kappa shape index (κ3) is 4.19. The first-order valence-electron chi connectivity index (χ1n) is 7.58. The molecule has 0 saturated carbocycles. The van der Waals surface area contributed by atoms with Gasteiger partial charge in [-0.3, -0.25) is 4.98 Å². The average Bonchev–Trinajstić information content (AvgIpc) is 2.95. The third-order valence-corrected chi connectivity index (χ3v) is 3.42. The molecule has 0 saturated heterocycles. The second-order valence-electron chi connectivity index (χ2n) is 5.23. The van der Waals surface area contributed by atoms with E-state index in [1.165, 1.54) is 16.8 Å². The lowest BCUT2D eigenvalue weighted by Gasteiger charge is -2.03. The van der Waals surface area contributed by atoms with Gasteiger partial charge in [0.1, 0.15) is 11.6 Å². The minimum Gasteiger partial charge on any atom is -0.378 e. The molecule has 0 aliphatic rings. The predicted molar refractivity (Wildman–Crippen MR) is 92.1 cm³/mol. The molecule has 0 unspecified atom stereocenters. The summed E-state index contributed by atoms with van der Waals surface area (Å²) in [5, 5.41) is 7.31. The lowest BCUT2D eigenvalue weighted by Crippen LogP contribution is -2.16. The highest BCUT2D eigenvalue weighted by Gasteiger charge is 2.03. The summed E-state index contributed by atoms with van der Waals surface area (Å²) in [7, 11) is 0. The molecule has 1 heterocycles. The lowest BCUT2D eigenvalue weighted by atomic mass is 10.2. The van der Waals surface area contributed by atoms with E-state index in [0.717, 1.165) is 11.3 Å². The van der Waals surface area contributed by atoms with Crippen molar-refractivity contribution in [3.8, 4) is 0 Å². The van der Waals surface area contributed by atoms with Crippen LogP contribution in [0.15, 0.2) is 65.5 Å². The van der Waals surface area contributed by atoms with Crippen molar-refractivity contribution in [2.24, 2.45) is 0 Å². The highest BCUT2D eigenvalue weighted by atomic mass is 19.1. The maximum absolute atomic E-state index is 12.8. The molecule has 0 radical (unpaired) electrons. The summed E-state index contributed by atoms with van der Waals surface area (Å²) < 4.78 is 14.2. The van der Waals surface area contributed by atoms with Gasteiger partial charge in [-0.2, -0.15) is 5.10 Å². The van der Waals surface area contributed by atoms with Crippen LogP contribution in [0.3, 0.4) is 0 Å². The first-order chi connectivity index (χ1) is 11.7. The molecule has 0 amide bonds. The van der Waals surface area contributed by atoms with Crippen LogP contribution >= 0.6 is 0 Å². The fourth-order valence-corrected chi connectivity index (χ4v) is 2.21. The van der Waals surface area contributed by atoms with E-state index in [1.807, 2.05) is 42.5 Å². The van der Waals surface area contributed by atoms with Crippen molar-refractivity contribution in [2.45, 2.75) is 13.1 Å². The predicted octanol–water partition coefficient (Wildman–Crippen LogP) is 3.04. The molecule has 0 aliphatic heterocycles. The number of hydrogen-bond donors (Lipinski definition) is 2. The van der Waals surface area contributed by atoms with Crippen molar-refractivity contribution >= 4 is 11.8 Å². The molecule has 2 N–H and O–H groups in total. The Morgan fingerprint density at radius 1 is 1.12 bits per heavy atom. The Bertz CT molecular complexity index is 866. The Hall–Kier alpha value is -3.15. The van der Waals surface area contributed by atoms with Gasteiger partial charge in [0.15, 0.2) is 0 Å². The van der Waals surface area contributed by atoms with Crippen molar-refractivity contribution < 1.29 is 4.39 Å². The van der Waals surface area contributed by atoms with Crippen LogP contribution in [0.1, 0.15) is 11.4 Å². The maximum atomic E-state index is 12.8. The van der Waals surface area contributed by atoms with Crippen LogP contribution in [0.2, 0.25) is 0 Å². The number of halogens is 1. The fraction of sp³-hybridized carbons (Fsp3) is 0.111. The smallest absolute Gasteiger partial charge is 0.343 e. The molecular formula is C18H17FN4O. The quantitative estimate of drug-likeness (QED) is 0.732. The van der Waals surface area contributed by atoms with E-state index in [0.29, 0.717) is 18.9 Å². The number of anilines is 1. The van der Waals surface area contributed by atoms with Crippen LogP contribution in [-0.4, -0.2) is 14.8 Å². The summed E-state index contributed by atoms with van der Waals surface area (Å²) in [6.45, 7) is 0.747. The molecule has 1 aromatic heterocycles. The number of rotatable bonds is 6. The van der Waals surface area contributed by atoms with E-state index in [9.17, 15) is 9.18 Å². The minimum atomic E-state index is -0.288. The van der Waals surface area contributed by atoms with Crippen molar-refractivity contribution in [3.05, 3.63) is 88.4 Å². The zero-order chi connectivity index (χ0) is 16.8. The molecule has 6 heteroatoms. The zero-order valence-electron chi connectivity index (χ0n) is 12.9. The summed E-state index contributed by atoms with van der Waals surface area (Å²) in [4.78, 5) is 14.6. The number of benzene rings is 2. The molecule has 0 aliphatic carbocycles. The van der Waals surface area contributed by atoms with E-state index in [1.54, 1.807) is 12.1 Å². The van der Waals surface area contributed by atoms with Gasteiger partial charge in [-0.25, -0.2) is 13.9 Å². The Morgan fingerprint density at radius 3 is 2.62 bits per heavy atom. The van der Waals surface area contributed by atoms with E-state index in [-0.39, 0.29) is 11.5 Å². The molecule has 5 nitrogen and oxygen atoms in total. The van der Waals surface area contributed by atoms with Crippen LogP contribution in [-0.2, 0) is 13.1 Å². The molecule has 3 rings (SSSR count). The Balaban J connectivity index is 1.59. The largest absolute Gasteiger partial charge is 0.378 e. The van der Waals surface area contributed by atoms with Gasteiger partial charge in [-0.05, 0) is 29.8 Å². The van der Waals surface area contributed by atoms with Gasteiger partial charge in [0.05, 0.1) is 13.1 Å². The van der Waals surface area contributed by atoms with E-state index >= 15 is 0 Å². The molecule has 0 fully saturated rings. The van der Waals surface area contributed by atoms with Crippen LogP contribution < -0.4 is 11.0 Å². The van der Waals surface area contributed by atoms with Crippen LogP contribution in [0.5, 0.6) is 0 Å². The SMILES string of the molecule is O=c1[nH]c(CNc2ccc(F)cc2)nn1CC=Cc1ccccc1. The van der Waals surface area contributed by atoms with Gasteiger partial charge in [-0.1, -0.05) is 42.5 Å². The number of allylic oxidation sites excluding steroid dienone is 1. The average molecular weight is 324 g/mol. The van der Waals surface area contributed by atoms with Gasteiger partial charge in [-0.15, -0.1) is 0 Å². The highest BCUT2D eigenvalue weighted by molar-refractivity contribution is 5.48. The van der Waals surface area contributed by atoms with Crippen molar-refractivity contribution in [3.63, 3.8) is 0 Å². The van der Waals surface area contributed by atoms with E-state index < -0.39 is 0 Å². The number of H-pyrrole nitrogens is 1. The Labute approximate surface area is 138 Å². The van der Waals surface area contributed by atoms with Gasteiger partial charge >= 0.3 is 5.69 Å². The Morgan fingerprint density at radius 2 is 1.88 bits per heavy atom. The number of aromatic nitrogens is 3. The molecule has 0 bridgehead atoms. The van der Waals surface area contributed by atoms with E-state index in [2.05, 4.69) is 15.4 Å². The number of nitrogens with zero attached hydrogens (tertiary/aromatic N) is 2. The molecular weight excluding hydrogens is 307 g/mol. The molecule has 2 aromatic carbocycles. The van der Waals surface area contributed by atoms with Crippen LogP contribution in [0, 0.1) is 5.82 Å². The Kier molecular flexibility index (Phi) is 4.86. The standard InChI is InChI=1S/C18H17FN4O/c19-15-8-10-16(11-9-15)20-13-17-21-18(24)23(22-17)12-4-7-14-5-2-1-3-6-14/h1-11,20H,12-13H2,(H,21,22,24). The number of aromatic amines is 1. The topological polar surface area (TPSA) is 62.7 Å². The van der Waals surface area contributed by atoms with Gasteiger partial charge in [0, 0.05) is 5.69 Å². The first kappa shape index (κ1) is 15.7. The summed E-state index contributed by atoms with van der Waals surface area (Å²) in [6, 6.07) is 15.9. The summed E-state index contributed by atoms with van der Waals surface area (Å²) in [6.07, 6.45) is 3.83. The second-order valence-corrected chi connectivity index (χ2v) is 5.23. The van der Waals surface area contributed by atoms with Gasteiger partial charge < -0.3 is 5.32 Å². The van der Waals surface area contributed by atoms with Crippen LogP contribution in [0.25, 0.3) is 6.08 Å². The second kappa shape index (κ2) is 7.41. The molecule has 0 atom stereocenters. The van der Waals surface area contributed by atoms with Gasteiger partial charge in [0.25, 0.3) is 0 Å².